The van der Waals surface area contributed by atoms with E-state index in [1.165, 1.54) is 103 Å². The van der Waals surface area contributed by atoms with E-state index in [2.05, 4.69) is 154 Å². The van der Waals surface area contributed by atoms with Gasteiger partial charge in [0.25, 0.3) is 0 Å². The topological polar surface area (TPSA) is 61.8 Å². The molecule has 1 unspecified atom stereocenters. The molecule has 0 saturated carbocycles. The summed E-state index contributed by atoms with van der Waals surface area (Å²) in [7, 11) is 0. The summed E-state index contributed by atoms with van der Waals surface area (Å²) in [5.74, 6) is -0.448. The monoisotopic (exact) mass is 1020 g/mol. The maximum atomic E-state index is 12.9. The van der Waals surface area contributed by atoms with Crippen LogP contribution in [0.2, 0.25) is 0 Å². The van der Waals surface area contributed by atoms with Crippen molar-refractivity contribution in [3.05, 3.63) is 134 Å². The van der Waals surface area contributed by atoms with Gasteiger partial charge in [0.15, 0.2) is 6.10 Å². The molecule has 0 aliphatic carbocycles. The lowest BCUT2D eigenvalue weighted by Gasteiger charge is -2.18. The molecule has 0 aliphatic heterocycles. The summed E-state index contributed by atoms with van der Waals surface area (Å²) < 4.78 is 17.5. The number of carbonyl (C=O) groups excluding carboxylic acids is 2. The van der Waals surface area contributed by atoms with Crippen LogP contribution in [0.1, 0.15) is 265 Å². The van der Waals surface area contributed by atoms with E-state index >= 15 is 0 Å². The van der Waals surface area contributed by atoms with Crippen molar-refractivity contribution in [2.24, 2.45) is 0 Å². The minimum atomic E-state index is -0.570. The Balaban J connectivity index is 4.40. The number of unbranched alkanes of at least 4 members (excludes halogenated alkanes) is 22. The van der Waals surface area contributed by atoms with Crippen molar-refractivity contribution in [1.29, 1.82) is 0 Å². The number of ether oxygens (including phenoxy) is 3. The highest BCUT2D eigenvalue weighted by molar-refractivity contribution is 5.70. The molecule has 0 N–H and O–H groups in total. The highest BCUT2D eigenvalue weighted by atomic mass is 16.6. The number of allylic oxidation sites excluding steroid dienone is 22. The van der Waals surface area contributed by atoms with Crippen molar-refractivity contribution in [3.63, 3.8) is 0 Å². The Kier molecular flexibility index (Phi) is 59.9. The molecule has 0 radical (unpaired) electrons. The molecule has 0 spiro atoms. The first-order valence-corrected chi connectivity index (χ1v) is 30.7. The SMILES string of the molecule is CC/C=C\C/C=C\C/C=C\C/C=C\C/C=C\CCCCCC(=O)OCC(COCCCCCCCCC/C=C\C/C=C\C/C=C\C/C=C\CC)OC(=O)CCCCCCCCCCC/C=C\C/C=C\CCCCC. The zero-order chi connectivity index (χ0) is 53.4. The van der Waals surface area contributed by atoms with E-state index in [-0.39, 0.29) is 25.2 Å². The Bertz CT molecular complexity index is 1530. The van der Waals surface area contributed by atoms with Gasteiger partial charge in [0.2, 0.25) is 0 Å². The Hall–Kier alpha value is -3.96. The number of carbonyl (C=O) groups is 2. The second-order valence-electron chi connectivity index (χ2n) is 19.8. The first-order chi connectivity index (χ1) is 36.6. The smallest absolute Gasteiger partial charge is 0.306 e. The lowest BCUT2D eigenvalue weighted by atomic mass is 10.1. The van der Waals surface area contributed by atoms with Gasteiger partial charge in [-0.15, -0.1) is 0 Å². The molecular formula is C69H114O5. The predicted octanol–water partition coefficient (Wildman–Crippen LogP) is 21.5. The van der Waals surface area contributed by atoms with Gasteiger partial charge < -0.3 is 14.2 Å². The highest BCUT2D eigenvalue weighted by Crippen LogP contribution is 2.14. The molecule has 0 aromatic rings. The zero-order valence-electron chi connectivity index (χ0n) is 48.3. The highest BCUT2D eigenvalue weighted by Gasteiger charge is 2.17. The van der Waals surface area contributed by atoms with Gasteiger partial charge in [-0.25, -0.2) is 0 Å². The van der Waals surface area contributed by atoms with Crippen LogP contribution in [0, 0.1) is 0 Å². The van der Waals surface area contributed by atoms with E-state index in [1.807, 2.05) is 0 Å². The Morgan fingerprint density at radius 1 is 0.311 bits per heavy atom. The van der Waals surface area contributed by atoms with Crippen LogP contribution >= 0.6 is 0 Å². The van der Waals surface area contributed by atoms with Gasteiger partial charge in [0.05, 0.1) is 6.61 Å². The van der Waals surface area contributed by atoms with Crippen LogP contribution < -0.4 is 0 Å². The summed E-state index contributed by atoms with van der Waals surface area (Å²) in [5.41, 5.74) is 0. The molecule has 74 heavy (non-hydrogen) atoms. The summed E-state index contributed by atoms with van der Waals surface area (Å²) in [6, 6.07) is 0. The fraction of sp³-hybridized carbons (Fsp3) is 0.652. The third-order valence-corrected chi connectivity index (χ3v) is 12.7. The van der Waals surface area contributed by atoms with Crippen molar-refractivity contribution in [1.82, 2.24) is 0 Å². The number of hydrogen-bond acceptors (Lipinski definition) is 5. The molecule has 0 rings (SSSR count). The van der Waals surface area contributed by atoms with Crippen molar-refractivity contribution >= 4 is 11.9 Å². The molecule has 0 amide bonds. The summed E-state index contributed by atoms with van der Waals surface area (Å²) in [6.07, 6.45) is 90.5. The standard InChI is InChI=1S/C69H114O5/c1-4-7-10-13-16-19-22-25-28-31-34-37-40-43-46-49-52-55-58-61-64-72-65-67(74-69(71)63-60-57-54-51-48-45-42-39-36-33-30-27-24-21-18-15-12-9-6-3)66-73-68(70)62-59-56-53-50-47-44-41-38-35-32-29-26-23-20-17-14-11-8-5-2/h7-8,10-11,16-21,25-30,34-35,37-38,44,47,67H,4-6,9,12-15,22-24,31-33,36,39-43,45-46,48-66H2,1-3H3/b10-7-,11-8-,19-16-,20-17-,21-18-,28-25-,29-26-,30-27-,37-34-,38-35-,47-44-. The van der Waals surface area contributed by atoms with Crippen LogP contribution in [0.15, 0.2) is 134 Å². The minimum Gasteiger partial charge on any atom is -0.462 e. The predicted molar refractivity (Wildman–Crippen MR) is 325 cm³/mol. The Morgan fingerprint density at radius 3 is 0.986 bits per heavy atom. The molecule has 0 aromatic heterocycles. The largest absolute Gasteiger partial charge is 0.462 e. The Labute approximate surface area is 458 Å². The van der Waals surface area contributed by atoms with Crippen LogP contribution in [0.5, 0.6) is 0 Å². The van der Waals surface area contributed by atoms with Gasteiger partial charge in [0, 0.05) is 19.4 Å². The molecule has 0 bridgehead atoms. The normalized spacial score (nSPS) is 13.2. The van der Waals surface area contributed by atoms with Gasteiger partial charge in [-0.3, -0.25) is 9.59 Å². The lowest BCUT2D eigenvalue weighted by Crippen LogP contribution is -2.30. The number of rotatable bonds is 55. The number of esters is 2. The maximum absolute atomic E-state index is 12.9. The fourth-order valence-corrected chi connectivity index (χ4v) is 8.15. The molecule has 0 aliphatic rings. The Morgan fingerprint density at radius 2 is 0.608 bits per heavy atom. The average molecular weight is 1020 g/mol. The van der Waals surface area contributed by atoms with Gasteiger partial charge in [-0.05, 0) is 135 Å². The minimum absolute atomic E-state index is 0.0539. The van der Waals surface area contributed by atoms with Crippen LogP contribution in [0.3, 0.4) is 0 Å². The first kappa shape index (κ1) is 70.0. The van der Waals surface area contributed by atoms with Crippen LogP contribution in [-0.4, -0.2) is 37.9 Å². The molecule has 420 valence electrons. The summed E-state index contributed by atoms with van der Waals surface area (Å²) in [5, 5.41) is 0. The summed E-state index contributed by atoms with van der Waals surface area (Å²) in [6.45, 7) is 7.52. The maximum Gasteiger partial charge on any atom is 0.306 e. The lowest BCUT2D eigenvalue weighted by molar-refractivity contribution is -0.163. The van der Waals surface area contributed by atoms with E-state index in [0.717, 1.165) is 128 Å². The van der Waals surface area contributed by atoms with E-state index < -0.39 is 6.10 Å². The van der Waals surface area contributed by atoms with E-state index in [9.17, 15) is 9.59 Å². The molecule has 5 nitrogen and oxygen atoms in total. The molecule has 0 saturated heterocycles. The zero-order valence-corrected chi connectivity index (χ0v) is 48.3. The van der Waals surface area contributed by atoms with Crippen molar-refractivity contribution < 1.29 is 23.8 Å². The summed E-state index contributed by atoms with van der Waals surface area (Å²) >= 11 is 0. The molecule has 0 aromatic carbocycles. The summed E-state index contributed by atoms with van der Waals surface area (Å²) in [4.78, 5) is 25.6. The van der Waals surface area contributed by atoms with E-state index in [0.29, 0.717) is 19.4 Å². The number of hydrogen-bond donors (Lipinski definition) is 0. The van der Waals surface area contributed by atoms with E-state index in [4.69, 9.17) is 14.2 Å². The van der Waals surface area contributed by atoms with Crippen LogP contribution in [0.25, 0.3) is 0 Å². The molecule has 5 heteroatoms. The van der Waals surface area contributed by atoms with Gasteiger partial charge in [-0.1, -0.05) is 251 Å². The van der Waals surface area contributed by atoms with Crippen molar-refractivity contribution in [2.75, 3.05) is 19.8 Å². The van der Waals surface area contributed by atoms with Crippen molar-refractivity contribution in [2.45, 2.75) is 271 Å². The van der Waals surface area contributed by atoms with E-state index in [1.54, 1.807) is 0 Å². The first-order valence-electron chi connectivity index (χ1n) is 30.7. The fourth-order valence-electron chi connectivity index (χ4n) is 8.15. The second-order valence-corrected chi connectivity index (χ2v) is 19.8. The molecule has 1 atom stereocenters. The van der Waals surface area contributed by atoms with Crippen molar-refractivity contribution in [3.8, 4) is 0 Å². The quantitative estimate of drug-likeness (QED) is 0.0345. The van der Waals surface area contributed by atoms with Crippen LogP contribution in [-0.2, 0) is 23.8 Å². The van der Waals surface area contributed by atoms with Gasteiger partial charge >= 0.3 is 11.9 Å². The third-order valence-electron chi connectivity index (χ3n) is 12.7. The van der Waals surface area contributed by atoms with Gasteiger partial charge in [0.1, 0.15) is 6.61 Å². The van der Waals surface area contributed by atoms with Gasteiger partial charge in [-0.2, -0.15) is 0 Å². The molecule has 0 fully saturated rings. The van der Waals surface area contributed by atoms with Crippen LogP contribution in [0.4, 0.5) is 0 Å². The molecule has 0 heterocycles. The second kappa shape index (κ2) is 63.3. The average Bonchev–Trinajstić information content (AvgIpc) is 3.40. The third kappa shape index (κ3) is 60.6. The molecular weight excluding hydrogens is 909 g/mol.